The van der Waals surface area contributed by atoms with E-state index in [-0.39, 0.29) is 10.9 Å². The van der Waals surface area contributed by atoms with E-state index in [4.69, 9.17) is 11.6 Å². The van der Waals surface area contributed by atoms with E-state index in [9.17, 15) is 8.42 Å². The second-order valence-electron chi connectivity index (χ2n) is 5.74. The molecule has 1 unspecified atom stereocenters. The summed E-state index contributed by atoms with van der Waals surface area (Å²) in [6.07, 6.45) is 1.88. The third kappa shape index (κ3) is 3.76. The molecule has 0 bridgehead atoms. The zero-order valence-electron chi connectivity index (χ0n) is 14.0. The standard InChI is InChI=1S/C16H22ClN3O2S/c1-6-20-9-14(12(4)18-20)13(5)19-23(21,22)16-8-10(2)15(17)7-11(16)3/h7-9,13,19H,6H2,1-5H3. The van der Waals surface area contributed by atoms with Gasteiger partial charge in [-0.15, -0.1) is 0 Å². The third-order valence-corrected chi connectivity index (χ3v) is 5.94. The molecule has 1 atom stereocenters. The lowest BCUT2D eigenvalue weighted by Crippen LogP contribution is -2.27. The van der Waals surface area contributed by atoms with Gasteiger partial charge < -0.3 is 0 Å². The van der Waals surface area contributed by atoms with Crippen molar-refractivity contribution in [2.75, 3.05) is 0 Å². The smallest absolute Gasteiger partial charge is 0.241 e. The Morgan fingerprint density at radius 1 is 1.26 bits per heavy atom. The van der Waals surface area contributed by atoms with Gasteiger partial charge in [-0.05, 0) is 57.9 Å². The number of aryl methyl sites for hydroxylation is 4. The Morgan fingerprint density at radius 3 is 2.48 bits per heavy atom. The zero-order valence-corrected chi connectivity index (χ0v) is 15.6. The van der Waals surface area contributed by atoms with Gasteiger partial charge >= 0.3 is 0 Å². The maximum absolute atomic E-state index is 12.7. The van der Waals surface area contributed by atoms with Crippen molar-refractivity contribution in [3.63, 3.8) is 0 Å². The molecule has 0 saturated heterocycles. The van der Waals surface area contributed by atoms with Crippen LogP contribution >= 0.6 is 11.6 Å². The summed E-state index contributed by atoms with van der Waals surface area (Å²) >= 11 is 6.05. The van der Waals surface area contributed by atoms with E-state index in [1.165, 1.54) is 0 Å². The Morgan fingerprint density at radius 2 is 1.91 bits per heavy atom. The predicted molar refractivity (Wildman–Crippen MR) is 92.3 cm³/mol. The molecule has 0 fully saturated rings. The van der Waals surface area contributed by atoms with Gasteiger partial charge in [0.2, 0.25) is 10.0 Å². The minimum atomic E-state index is -3.64. The van der Waals surface area contributed by atoms with E-state index < -0.39 is 10.0 Å². The Bertz CT molecular complexity index is 828. The molecule has 0 aliphatic heterocycles. The highest BCUT2D eigenvalue weighted by Gasteiger charge is 2.23. The SMILES string of the molecule is CCn1cc(C(C)NS(=O)(=O)c2cc(C)c(Cl)cc2C)c(C)n1. The van der Waals surface area contributed by atoms with Crippen molar-refractivity contribution in [2.24, 2.45) is 0 Å². The fourth-order valence-electron chi connectivity index (χ4n) is 2.52. The largest absolute Gasteiger partial charge is 0.272 e. The van der Waals surface area contributed by atoms with Crippen LogP contribution in [-0.4, -0.2) is 18.2 Å². The first-order valence-corrected chi connectivity index (χ1v) is 9.34. The Hall–Kier alpha value is -1.37. The van der Waals surface area contributed by atoms with E-state index in [1.54, 1.807) is 30.7 Å². The van der Waals surface area contributed by atoms with Crippen LogP contribution in [0.4, 0.5) is 0 Å². The molecule has 2 rings (SSSR count). The van der Waals surface area contributed by atoms with Crippen molar-refractivity contribution < 1.29 is 8.42 Å². The van der Waals surface area contributed by atoms with Crippen LogP contribution < -0.4 is 4.72 Å². The van der Waals surface area contributed by atoms with Crippen molar-refractivity contribution in [3.05, 3.63) is 45.7 Å². The first-order valence-electron chi connectivity index (χ1n) is 7.48. The molecule has 126 valence electrons. The summed E-state index contributed by atoms with van der Waals surface area (Å²) in [5.41, 5.74) is 3.06. The van der Waals surface area contributed by atoms with Gasteiger partial charge in [-0.1, -0.05) is 11.6 Å². The summed E-state index contributed by atoms with van der Waals surface area (Å²) in [5.74, 6) is 0. The average molecular weight is 356 g/mol. The fourth-order valence-corrected chi connectivity index (χ4v) is 4.28. The van der Waals surface area contributed by atoms with Crippen LogP contribution in [0.3, 0.4) is 0 Å². The fraction of sp³-hybridized carbons (Fsp3) is 0.438. The van der Waals surface area contributed by atoms with Gasteiger partial charge in [-0.2, -0.15) is 5.10 Å². The Labute approximate surface area is 142 Å². The maximum atomic E-state index is 12.7. The van der Waals surface area contributed by atoms with Crippen LogP contribution in [0.15, 0.2) is 23.2 Å². The first-order chi connectivity index (χ1) is 10.7. The summed E-state index contributed by atoms with van der Waals surface area (Å²) in [6.45, 7) is 9.97. The molecular formula is C16H22ClN3O2S. The highest BCUT2D eigenvalue weighted by molar-refractivity contribution is 7.89. The molecule has 0 aliphatic carbocycles. The molecule has 23 heavy (non-hydrogen) atoms. The number of nitrogens with one attached hydrogen (secondary N) is 1. The van der Waals surface area contributed by atoms with E-state index in [0.29, 0.717) is 10.6 Å². The van der Waals surface area contributed by atoms with Crippen LogP contribution in [-0.2, 0) is 16.6 Å². The molecule has 0 amide bonds. The molecule has 7 heteroatoms. The van der Waals surface area contributed by atoms with Crippen LogP contribution in [0.1, 0.15) is 42.3 Å². The van der Waals surface area contributed by atoms with Crippen molar-refractivity contribution in [2.45, 2.75) is 52.1 Å². The van der Waals surface area contributed by atoms with Gasteiger partial charge in [0.15, 0.2) is 0 Å². The van der Waals surface area contributed by atoms with Crippen molar-refractivity contribution >= 4 is 21.6 Å². The second-order valence-corrected chi connectivity index (χ2v) is 7.83. The van der Waals surface area contributed by atoms with Gasteiger partial charge in [-0.25, -0.2) is 13.1 Å². The minimum Gasteiger partial charge on any atom is -0.272 e. The monoisotopic (exact) mass is 355 g/mol. The van der Waals surface area contributed by atoms with Crippen molar-refractivity contribution in [1.82, 2.24) is 14.5 Å². The highest BCUT2D eigenvalue weighted by atomic mass is 35.5. The van der Waals surface area contributed by atoms with Crippen LogP contribution in [0.25, 0.3) is 0 Å². The number of halogens is 1. The maximum Gasteiger partial charge on any atom is 0.241 e. The Kier molecular flexibility index (Phi) is 5.18. The van der Waals surface area contributed by atoms with Crippen LogP contribution in [0, 0.1) is 20.8 Å². The molecule has 1 aromatic carbocycles. The summed E-state index contributed by atoms with van der Waals surface area (Å²) in [4.78, 5) is 0.256. The lowest BCUT2D eigenvalue weighted by atomic mass is 10.1. The van der Waals surface area contributed by atoms with Gasteiger partial charge in [0.05, 0.1) is 10.6 Å². The number of sulfonamides is 1. The topological polar surface area (TPSA) is 64.0 Å². The van der Waals surface area contributed by atoms with E-state index >= 15 is 0 Å². The quantitative estimate of drug-likeness (QED) is 0.892. The summed E-state index contributed by atoms with van der Waals surface area (Å²) in [6, 6.07) is 2.92. The van der Waals surface area contributed by atoms with E-state index in [0.717, 1.165) is 23.4 Å². The molecular weight excluding hydrogens is 334 g/mol. The lowest BCUT2D eigenvalue weighted by Gasteiger charge is -2.16. The zero-order chi connectivity index (χ0) is 17.4. The summed E-state index contributed by atoms with van der Waals surface area (Å²) < 4.78 is 29.9. The van der Waals surface area contributed by atoms with Gasteiger partial charge in [0.25, 0.3) is 0 Å². The molecule has 1 N–H and O–H groups in total. The molecule has 0 spiro atoms. The number of hydrogen-bond acceptors (Lipinski definition) is 3. The van der Waals surface area contributed by atoms with Gasteiger partial charge in [-0.3, -0.25) is 4.68 Å². The first kappa shape index (κ1) is 18.0. The molecule has 2 aromatic rings. The molecule has 0 aliphatic rings. The number of benzene rings is 1. The van der Waals surface area contributed by atoms with Crippen molar-refractivity contribution in [1.29, 1.82) is 0 Å². The average Bonchev–Trinajstić information content (AvgIpc) is 2.83. The Balaban J connectivity index is 2.34. The normalized spacial score (nSPS) is 13.3. The molecule has 1 aromatic heterocycles. The number of hydrogen-bond donors (Lipinski definition) is 1. The van der Waals surface area contributed by atoms with E-state index in [1.807, 2.05) is 27.0 Å². The minimum absolute atomic E-state index is 0.256. The predicted octanol–water partition coefficient (Wildman–Crippen LogP) is 3.52. The highest BCUT2D eigenvalue weighted by Crippen LogP contribution is 2.26. The van der Waals surface area contributed by atoms with Crippen molar-refractivity contribution in [3.8, 4) is 0 Å². The van der Waals surface area contributed by atoms with Gasteiger partial charge in [0.1, 0.15) is 0 Å². The molecule has 1 heterocycles. The van der Waals surface area contributed by atoms with Crippen LogP contribution in [0.2, 0.25) is 5.02 Å². The number of nitrogens with zero attached hydrogens (tertiary/aromatic N) is 2. The molecule has 5 nitrogen and oxygen atoms in total. The molecule has 0 saturated carbocycles. The summed E-state index contributed by atoms with van der Waals surface area (Å²) in [7, 11) is -3.64. The summed E-state index contributed by atoms with van der Waals surface area (Å²) in [5, 5.41) is 4.93. The van der Waals surface area contributed by atoms with Gasteiger partial charge in [0, 0.05) is 29.4 Å². The number of rotatable bonds is 5. The lowest BCUT2D eigenvalue weighted by molar-refractivity contribution is 0.565. The molecule has 0 radical (unpaired) electrons. The van der Waals surface area contributed by atoms with E-state index in [2.05, 4.69) is 9.82 Å². The number of aromatic nitrogens is 2. The third-order valence-electron chi connectivity index (χ3n) is 3.85. The van der Waals surface area contributed by atoms with Crippen LogP contribution in [0.5, 0.6) is 0 Å². The second kappa shape index (κ2) is 6.63.